The fraction of sp³-hybridized carbons (Fsp3) is 0.462. The first-order chi connectivity index (χ1) is 9.93. The van der Waals surface area contributed by atoms with Gasteiger partial charge in [0.1, 0.15) is 6.04 Å². The van der Waals surface area contributed by atoms with Gasteiger partial charge in [0, 0.05) is 6.26 Å². The zero-order valence-electron chi connectivity index (χ0n) is 12.5. The lowest BCUT2D eigenvalue weighted by atomic mass is 10.1. The van der Waals surface area contributed by atoms with E-state index in [9.17, 15) is 21.6 Å². The van der Waals surface area contributed by atoms with Crippen LogP contribution >= 0.6 is 0 Å². The molecule has 0 saturated carbocycles. The first kappa shape index (κ1) is 18.6. The van der Waals surface area contributed by atoms with Crippen LogP contribution in [0.3, 0.4) is 0 Å². The van der Waals surface area contributed by atoms with Crippen LogP contribution in [0.15, 0.2) is 34.1 Å². The number of nitrogens with one attached hydrogen (secondary N) is 1. The van der Waals surface area contributed by atoms with Gasteiger partial charge in [-0.1, -0.05) is 13.8 Å². The molecule has 2 N–H and O–H groups in total. The summed E-state index contributed by atoms with van der Waals surface area (Å²) in [5.74, 6) is -1.26. The lowest BCUT2D eigenvalue weighted by Crippen LogP contribution is -2.41. The molecule has 0 spiro atoms. The minimum atomic E-state index is -4.04. The van der Waals surface area contributed by atoms with Crippen LogP contribution in [0.5, 0.6) is 0 Å². The standard InChI is InChI=1S/C13H19NO6S2/c1-9(2)8-12(13(15)16)14-22(19,20)11-6-4-10(5-7-11)21(3,17)18/h4-7,9,12,14H,8H2,1-3H3,(H,15,16)/t12-/m1/s1. The molecule has 1 atom stereocenters. The normalized spacial score (nSPS) is 14.0. The van der Waals surface area contributed by atoms with Crippen LogP contribution in [0, 0.1) is 5.92 Å². The van der Waals surface area contributed by atoms with Crippen LogP contribution in [0.1, 0.15) is 20.3 Å². The maximum absolute atomic E-state index is 12.2. The van der Waals surface area contributed by atoms with Crippen molar-refractivity contribution in [2.75, 3.05) is 6.26 Å². The first-order valence-corrected chi connectivity index (χ1v) is 9.86. The highest BCUT2D eigenvalue weighted by atomic mass is 32.2. The Bertz CT molecular complexity index is 735. The average molecular weight is 349 g/mol. The van der Waals surface area contributed by atoms with Crippen molar-refractivity contribution in [3.05, 3.63) is 24.3 Å². The second-order valence-corrected chi connectivity index (χ2v) is 9.11. The minimum absolute atomic E-state index is 0.00332. The summed E-state index contributed by atoms with van der Waals surface area (Å²) >= 11 is 0. The maximum Gasteiger partial charge on any atom is 0.321 e. The molecule has 9 heteroatoms. The summed E-state index contributed by atoms with van der Waals surface area (Å²) in [4.78, 5) is 10.9. The molecule has 0 unspecified atom stereocenters. The van der Waals surface area contributed by atoms with E-state index in [4.69, 9.17) is 5.11 Å². The molecule has 0 bridgehead atoms. The van der Waals surface area contributed by atoms with Gasteiger partial charge in [-0.3, -0.25) is 4.79 Å². The molecule has 0 aromatic heterocycles. The minimum Gasteiger partial charge on any atom is -0.480 e. The Hall–Kier alpha value is -1.45. The smallest absolute Gasteiger partial charge is 0.321 e. The third-order valence-corrected chi connectivity index (χ3v) is 5.48. The lowest BCUT2D eigenvalue weighted by molar-refractivity contribution is -0.139. The quantitative estimate of drug-likeness (QED) is 0.754. The fourth-order valence-electron chi connectivity index (χ4n) is 1.79. The van der Waals surface area contributed by atoms with E-state index >= 15 is 0 Å². The molecule has 0 heterocycles. The van der Waals surface area contributed by atoms with Crippen molar-refractivity contribution in [2.45, 2.75) is 36.1 Å². The van der Waals surface area contributed by atoms with E-state index in [1.807, 2.05) is 0 Å². The molecule has 0 aliphatic carbocycles. The van der Waals surface area contributed by atoms with Gasteiger partial charge < -0.3 is 5.11 Å². The van der Waals surface area contributed by atoms with Crippen molar-refractivity contribution in [1.29, 1.82) is 0 Å². The predicted molar refractivity (Wildman–Crippen MR) is 80.8 cm³/mol. The van der Waals surface area contributed by atoms with Gasteiger partial charge in [0.2, 0.25) is 10.0 Å². The molecular formula is C13H19NO6S2. The Morgan fingerprint density at radius 3 is 1.91 bits per heavy atom. The molecule has 0 radical (unpaired) electrons. The number of hydrogen-bond acceptors (Lipinski definition) is 5. The third-order valence-electron chi connectivity index (χ3n) is 2.86. The predicted octanol–water partition coefficient (Wildman–Crippen LogP) is 0.868. The summed E-state index contributed by atoms with van der Waals surface area (Å²) in [7, 11) is -7.46. The van der Waals surface area contributed by atoms with E-state index in [2.05, 4.69) is 4.72 Å². The Morgan fingerprint density at radius 1 is 1.09 bits per heavy atom. The molecule has 1 rings (SSSR count). The van der Waals surface area contributed by atoms with Crippen molar-refractivity contribution in [3.8, 4) is 0 Å². The zero-order valence-corrected chi connectivity index (χ0v) is 14.1. The molecule has 0 aliphatic rings. The Morgan fingerprint density at radius 2 is 1.55 bits per heavy atom. The maximum atomic E-state index is 12.2. The molecule has 1 aromatic rings. The number of carbonyl (C=O) groups is 1. The monoisotopic (exact) mass is 349 g/mol. The third kappa shape index (κ3) is 5.08. The van der Waals surface area contributed by atoms with E-state index in [1.165, 1.54) is 12.1 Å². The number of carboxylic acid groups (broad SMARTS) is 1. The number of carboxylic acids is 1. The number of hydrogen-bond donors (Lipinski definition) is 2. The number of sulfone groups is 1. The van der Waals surface area contributed by atoms with Gasteiger partial charge in [-0.2, -0.15) is 4.72 Å². The SMILES string of the molecule is CC(C)C[C@@H](NS(=O)(=O)c1ccc(S(C)(=O)=O)cc1)C(=O)O. The van der Waals surface area contributed by atoms with Crippen LogP contribution < -0.4 is 4.72 Å². The summed E-state index contributed by atoms with van der Waals surface area (Å²) in [6.07, 6.45) is 1.16. The summed E-state index contributed by atoms with van der Waals surface area (Å²) in [5, 5.41) is 9.08. The van der Waals surface area contributed by atoms with Crippen molar-refractivity contribution in [1.82, 2.24) is 4.72 Å². The van der Waals surface area contributed by atoms with Gasteiger partial charge in [0.25, 0.3) is 0 Å². The van der Waals surface area contributed by atoms with E-state index < -0.39 is 31.9 Å². The Balaban J connectivity index is 3.06. The van der Waals surface area contributed by atoms with Crippen molar-refractivity contribution in [3.63, 3.8) is 0 Å². The number of sulfonamides is 1. The summed E-state index contributed by atoms with van der Waals surface area (Å²) in [5.41, 5.74) is 0. The average Bonchev–Trinajstić information content (AvgIpc) is 2.36. The van der Waals surface area contributed by atoms with Crippen molar-refractivity contribution < 1.29 is 26.7 Å². The van der Waals surface area contributed by atoms with E-state index in [-0.39, 0.29) is 22.1 Å². The Kier molecular flexibility index (Phi) is 5.71. The van der Waals surface area contributed by atoms with Gasteiger partial charge >= 0.3 is 5.97 Å². The summed E-state index contributed by atoms with van der Waals surface area (Å²) in [6, 6.07) is 3.36. The lowest BCUT2D eigenvalue weighted by Gasteiger charge is -2.16. The van der Waals surface area contributed by atoms with Crippen LogP contribution in [0.2, 0.25) is 0 Å². The van der Waals surface area contributed by atoms with Crippen LogP contribution in [-0.4, -0.2) is 40.2 Å². The summed E-state index contributed by atoms with van der Waals surface area (Å²) < 4.78 is 49.1. The highest BCUT2D eigenvalue weighted by Gasteiger charge is 2.26. The van der Waals surface area contributed by atoms with E-state index in [1.54, 1.807) is 13.8 Å². The number of aliphatic carboxylic acids is 1. The van der Waals surface area contributed by atoms with Gasteiger partial charge in [0.15, 0.2) is 9.84 Å². The highest BCUT2D eigenvalue weighted by molar-refractivity contribution is 7.90. The highest BCUT2D eigenvalue weighted by Crippen LogP contribution is 2.16. The second-order valence-electron chi connectivity index (χ2n) is 5.39. The van der Waals surface area contributed by atoms with Gasteiger partial charge in [-0.05, 0) is 36.6 Å². The molecule has 0 saturated heterocycles. The van der Waals surface area contributed by atoms with Crippen molar-refractivity contribution >= 4 is 25.8 Å². The van der Waals surface area contributed by atoms with E-state index in [0.29, 0.717) is 0 Å². The summed E-state index contributed by atoms with van der Waals surface area (Å²) in [6.45, 7) is 3.57. The zero-order chi connectivity index (χ0) is 17.1. The number of rotatable bonds is 7. The van der Waals surface area contributed by atoms with Gasteiger partial charge in [-0.25, -0.2) is 16.8 Å². The van der Waals surface area contributed by atoms with Gasteiger partial charge in [0.05, 0.1) is 9.79 Å². The molecule has 0 fully saturated rings. The van der Waals surface area contributed by atoms with Crippen LogP contribution in [0.25, 0.3) is 0 Å². The molecule has 124 valence electrons. The molecular weight excluding hydrogens is 330 g/mol. The van der Waals surface area contributed by atoms with Crippen LogP contribution in [-0.2, 0) is 24.7 Å². The molecule has 0 aliphatic heterocycles. The second kappa shape index (κ2) is 6.76. The first-order valence-electron chi connectivity index (χ1n) is 6.48. The Labute approximate surface area is 130 Å². The van der Waals surface area contributed by atoms with E-state index in [0.717, 1.165) is 18.4 Å². The molecule has 1 aromatic carbocycles. The molecule has 0 amide bonds. The molecule has 22 heavy (non-hydrogen) atoms. The molecule has 7 nitrogen and oxygen atoms in total. The topological polar surface area (TPSA) is 118 Å². The van der Waals surface area contributed by atoms with Crippen molar-refractivity contribution in [2.24, 2.45) is 5.92 Å². The van der Waals surface area contributed by atoms with Crippen LogP contribution in [0.4, 0.5) is 0 Å². The number of benzene rings is 1. The fourth-order valence-corrected chi connectivity index (χ4v) is 3.62. The van der Waals surface area contributed by atoms with Gasteiger partial charge in [-0.15, -0.1) is 0 Å². The largest absolute Gasteiger partial charge is 0.480 e.